The maximum atomic E-state index is 3.43. The summed E-state index contributed by atoms with van der Waals surface area (Å²) in [5, 5.41) is 3.43. The Bertz CT molecular complexity index is 212. The molecule has 2 fully saturated rings. The third-order valence-corrected chi connectivity index (χ3v) is 4.12. The van der Waals surface area contributed by atoms with Gasteiger partial charge in [0.25, 0.3) is 0 Å². The summed E-state index contributed by atoms with van der Waals surface area (Å²) in [7, 11) is 0. The van der Waals surface area contributed by atoms with Crippen molar-refractivity contribution in [1.82, 2.24) is 15.1 Å². The Kier molecular flexibility index (Phi) is 5.26. The molecular weight excluding hydrogens is 210 g/mol. The van der Waals surface area contributed by atoms with E-state index in [9.17, 15) is 0 Å². The fourth-order valence-corrected chi connectivity index (χ4v) is 2.96. The Hall–Kier alpha value is -0.120. The Morgan fingerprint density at radius 1 is 1.12 bits per heavy atom. The normalized spacial score (nSPS) is 28.1. The minimum Gasteiger partial charge on any atom is -0.314 e. The molecular formula is C14H29N3. The van der Waals surface area contributed by atoms with E-state index in [1.54, 1.807) is 0 Å². The standard InChI is InChI=1S/C14H29N3/c1-13(2)3-7-16-8-4-14(11-16)12-17-9-5-15-6-10-17/h13-15H,3-12H2,1-2H3. The van der Waals surface area contributed by atoms with Gasteiger partial charge in [-0.05, 0) is 37.8 Å². The Labute approximate surface area is 107 Å². The van der Waals surface area contributed by atoms with E-state index in [2.05, 4.69) is 29.0 Å². The second kappa shape index (κ2) is 6.72. The van der Waals surface area contributed by atoms with Crippen LogP contribution in [0.15, 0.2) is 0 Å². The first-order chi connectivity index (χ1) is 8.24. The third kappa shape index (κ3) is 4.57. The number of rotatable bonds is 5. The van der Waals surface area contributed by atoms with E-state index in [1.165, 1.54) is 65.2 Å². The fraction of sp³-hybridized carbons (Fsp3) is 1.00. The van der Waals surface area contributed by atoms with Crippen molar-refractivity contribution >= 4 is 0 Å². The van der Waals surface area contributed by atoms with Gasteiger partial charge in [-0.1, -0.05) is 13.8 Å². The van der Waals surface area contributed by atoms with Crippen LogP contribution in [-0.2, 0) is 0 Å². The third-order valence-electron chi connectivity index (χ3n) is 4.12. The smallest absolute Gasteiger partial charge is 0.0107 e. The highest BCUT2D eigenvalue weighted by Crippen LogP contribution is 2.18. The highest BCUT2D eigenvalue weighted by Gasteiger charge is 2.24. The van der Waals surface area contributed by atoms with E-state index < -0.39 is 0 Å². The average molecular weight is 239 g/mol. The molecule has 2 rings (SSSR count). The van der Waals surface area contributed by atoms with Crippen LogP contribution in [0.2, 0.25) is 0 Å². The maximum Gasteiger partial charge on any atom is 0.0107 e. The molecule has 3 heteroatoms. The molecule has 0 amide bonds. The summed E-state index contributed by atoms with van der Waals surface area (Å²) in [6, 6.07) is 0. The van der Waals surface area contributed by atoms with Crippen LogP contribution in [0.4, 0.5) is 0 Å². The van der Waals surface area contributed by atoms with Crippen LogP contribution in [0.5, 0.6) is 0 Å². The monoisotopic (exact) mass is 239 g/mol. The lowest BCUT2D eigenvalue weighted by atomic mass is 10.1. The summed E-state index contributed by atoms with van der Waals surface area (Å²) in [6.07, 6.45) is 2.78. The van der Waals surface area contributed by atoms with Gasteiger partial charge in [0.2, 0.25) is 0 Å². The summed E-state index contributed by atoms with van der Waals surface area (Å²) in [4.78, 5) is 5.32. The zero-order chi connectivity index (χ0) is 12.1. The van der Waals surface area contributed by atoms with Gasteiger partial charge in [0.15, 0.2) is 0 Å². The summed E-state index contributed by atoms with van der Waals surface area (Å²) in [5.41, 5.74) is 0. The second-order valence-corrected chi connectivity index (χ2v) is 6.19. The minimum absolute atomic E-state index is 0.849. The van der Waals surface area contributed by atoms with Gasteiger partial charge in [-0.3, -0.25) is 0 Å². The molecule has 1 atom stereocenters. The lowest BCUT2D eigenvalue weighted by Gasteiger charge is -2.29. The molecule has 2 aliphatic rings. The van der Waals surface area contributed by atoms with Crippen molar-refractivity contribution in [3.63, 3.8) is 0 Å². The molecule has 2 saturated heterocycles. The molecule has 3 nitrogen and oxygen atoms in total. The highest BCUT2D eigenvalue weighted by molar-refractivity contribution is 4.80. The van der Waals surface area contributed by atoms with Gasteiger partial charge in [-0.2, -0.15) is 0 Å². The van der Waals surface area contributed by atoms with Gasteiger partial charge in [-0.15, -0.1) is 0 Å². The summed E-state index contributed by atoms with van der Waals surface area (Å²) in [5.74, 6) is 1.78. The van der Waals surface area contributed by atoms with Crippen LogP contribution >= 0.6 is 0 Å². The maximum absolute atomic E-state index is 3.43. The molecule has 2 heterocycles. The Balaban J connectivity index is 1.63. The summed E-state index contributed by atoms with van der Waals surface area (Å²) in [6.45, 7) is 14.9. The number of nitrogens with one attached hydrogen (secondary N) is 1. The summed E-state index contributed by atoms with van der Waals surface area (Å²) < 4.78 is 0. The van der Waals surface area contributed by atoms with E-state index in [1.807, 2.05) is 0 Å². The molecule has 0 aromatic carbocycles. The molecule has 0 bridgehead atoms. The number of piperazine rings is 1. The lowest BCUT2D eigenvalue weighted by molar-refractivity contribution is 0.202. The van der Waals surface area contributed by atoms with E-state index >= 15 is 0 Å². The van der Waals surface area contributed by atoms with Gasteiger partial charge in [-0.25, -0.2) is 0 Å². The second-order valence-electron chi connectivity index (χ2n) is 6.19. The van der Waals surface area contributed by atoms with Crippen molar-refractivity contribution in [2.24, 2.45) is 11.8 Å². The molecule has 100 valence electrons. The largest absolute Gasteiger partial charge is 0.314 e. The van der Waals surface area contributed by atoms with Crippen LogP contribution < -0.4 is 5.32 Å². The van der Waals surface area contributed by atoms with Crippen LogP contribution in [0, 0.1) is 11.8 Å². The van der Waals surface area contributed by atoms with Gasteiger partial charge in [0, 0.05) is 39.3 Å². The van der Waals surface area contributed by atoms with Crippen LogP contribution in [0.3, 0.4) is 0 Å². The molecule has 2 aliphatic heterocycles. The molecule has 17 heavy (non-hydrogen) atoms. The first-order valence-corrected chi connectivity index (χ1v) is 7.39. The zero-order valence-corrected chi connectivity index (χ0v) is 11.6. The molecule has 1 N–H and O–H groups in total. The number of hydrogen-bond donors (Lipinski definition) is 1. The predicted octanol–water partition coefficient (Wildman–Crippen LogP) is 1.26. The Morgan fingerprint density at radius 3 is 2.59 bits per heavy atom. The zero-order valence-electron chi connectivity index (χ0n) is 11.6. The number of nitrogens with zero attached hydrogens (tertiary/aromatic N) is 2. The van der Waals surface area contributed by atoms with E-state index in [4.69, 9.17) is 0 Å². The first-order valence-electron chi connectivity index (χ1n) is 7.39. The molecule has 0 saturated carbocycles. The van der Waals surface area contributed by atoms with Crippen molar-refractivity contribution in [2.45, 2.75) is 26.7 Å². The van der Waals surface area contributed by atoms with E-state index in [0.717, 1.165) is 11.8 Å². The molecule has 0 radical (unpaired) electrons. The van der Waals surface area contributed by atoms with Crippen molar-refractivity contribution < 1.29 is 0 Å². The van der Waals surface area contributed by atoms with Crippen molar-refractivity contribution in [3.8, 4) is 0 Å². The first kappa shape index (κ1) is 13.3. The van der Waals surface area contributed by atoms with E-state index in [0.29, 0.717) is 0 Å². The van der Waals surface area contributed by atoms with Gasteiger partial charge < -0.3 is 15.1 Å². The molecule has 1 unspecified atom stereocenters. The van der Waals surface area contributed by atoms with Crippen molar-refractivity contribution in [3.05, 3.63) is 0 Å². The molecule has 0 aliphatic carbocycles. The highest BCUT2D eigenvalue weighted by atomic mass is 15.2. The molecule has 0 spiro atoms. The molecule has 0 aromatic rings. The van der Waals surface area contributed by atoms with E-state index in [-0.39, 0.29) is 0 Å². The Morgan fingerprint density at radius 2 is 1.88 bits per heavy atom. The van der Waals surface area contributed by atoms with Crippen molar-refractivity contribution in [2.75, 3.05) is 52.4 Å². The van der Waals surface area contributed by atoms with Crippen LogP contribution in [0.1, 0.15) is 26.7 Å². The van der Waals surface area contributed by atoms with Gasteiger partial charge in [0.05, 0.1) is 0 Å². The van der Waals surface area contributed by atoms with Crippen LogP contribution in [0.25, 0.3) is 0 Å². The number of hydrogen-bond acceptors (Lipinski definition) is 3. The SMILES string of the molecule is CC(C)CCN1CCC(CN2CCNCC2)C1. The quantitative estimate of drug-likeness (QED) is 0.779. The number of likely N-dealkylation sites (tertiary alicyclic amines) is 1. The van der Waals surface area contributed by atoms with Crippen molar-refractivity contribution in [1.29, 1.82) is 0 Å². The molecule has 0 aromatic heterocycles. The minimum atomic E-state index is 0.849. The van der Waals surface area contributed by atoms with Gasteiger partial charge in [0.1, 0.15) is 0 Å². The van der Waals surface area contributed by atoms with Gasteiger partial charge >= 0.3 is 0 Å². The lowest BCUT2D eigenvalue weighted by Crippen LogP contribution is -2.45. The predicted molar refractivity (Wildman–Crippen MR) is 73.3 cm³/mol. The summed E-state index contributed by atoms with van der Waals surface area (Å²) >= 11 is 0. The van der Waals surface area contributed by atoms with Crippen LogP contribution in [-0.4, -0.2) is 62.2 Å². The topological polar surface area (TPSA) is 18.5 Å². The average Bonchev–Trinajstić information content (AvgIpc) is 2.75. The fourth-order valence-electron chi connectivity index (χ4n) is 2.96.